The minimum atomic E-state index is 0.171. The van der Waals surface area contributed by atoms with Crippen LogP contribution in [0.4, 0.5) is 5.69 Å². The Morgan fingerprint density at radius 1 is 1.20 bits per heavy atom. The molecule has 1 saturated carbocycles. The quantitative estimate of drug-likeness (QED) is 0.803. The maximum atomic E-state index is 5.78. The second-order valence-electron chi connectivity index (χ2n) is 6.86. The maximum Gasteiger partial charge on any atom is 0.243 e. The summed E-state index contributed by atoms with van der Waals surface area (Å²) in [7, 11) is 0. The van der Waals surface area contributed by atoms with Crippen molar-refractivity contribution in [3.8, 4) is 5.75 Å². The fraction of sp³-hybridized carbons (Fsp3) is 0.579. The number of hydrogen-bond acceptors (Lipinski definition) is 6. The van der Waals surface area contributed by atoms with Crippen LogP contribution in [-0.4, -0.2) is 47.8 Å². The molecule has 2 aliphatic rings. The SMILES string of the molecule is CCOc1ccccc1N1CCN(C(C)c2nc(C3CC3)no2)CC1. The van der Waals surface area contributed by atoms with Crippen LogP contribution in [-0.2, 0) is 0 Å². The van der Waals surface area contributed by atoms with Gasteiger partial charge in [0, 0.05) is 32.1 Å². The number of aromatic nitrogens is 2. The van der Waals surface area contributed by atoms with Crippen LogP contribution in [0.15, 0.2) is 28.8 Å². The summed E-state index contributed by atoms with van der Waals surface area (Å²) in [6.45, 7) is 8.76. The van der Waals surface area contributed by atoms with Gasteiger partial charge < -0.3 is 14.2 Å². The van der Waals surface area contributed by atoms with Crippen LogP contribution < -0.4 is 9.64 Å². The zero-order chi connectivity index (χ0) is 17.2. The highest BCUT2D eigenvalue weighted by atomic mass is 16.5. The monoisotopic (exact) mass is 342 g/mol. The summed E-state index contributed by atoms with van der Waals surface area (Å²) < 4.78 is 11.3. The highest BCUT2D eigenvalue weighted by molar-refractivity contribution is 5.58. The lowest BCUT2D eigenvalue weighted by Crippen LogP contribution is -2.47. The van der Waals surface area contributed by atoms with Crippen molar-refractivity contribution >= 4 is 5.69 Å². The molecule has 134 valence electrons. The van der Waals surface area contributed by atoms with E-state index in [9.17, 15) is 0 Å². The molecule has 0 N–H and O–H groups in total. The van der Waals surface area contributed by atoms with E-state index in [0.29, 0.717) is 12.5 Å². The first-order valence-electron chi connectivity index (χ1n) is 9.30. The summed E-state index contributed by atoms with van der Waals surface area (Å²) in [5.74, 6) is 3.16. The highest BCUT2D eigenvalue weighted by Crippen LogP contribution is 2.38. The minimum absolute atomic E-state index is 0.171. The molecule has 2 aromatic rings. The number of anilines is 1. The van der Waals surface area contributed by atoms with Crippen molar-refractivity contribution in [2.24, 2.45) is 0 Å². The Morgan fingerprint density at radius 3 is 2.68 bits per heavy atom. The van der Waals surface area contributed by atoms with Gasteiger partial charge in [-0.2, -0.15) is 4.98 Å². The van der Waals surface area contributed by atoms with Crippen molar-refractivity contribution < 1.29 is 9.26 Å². The molecular formula is C19H26N4O2. The Morgan fingerprint density at radius 2 is 1.96 bits per heavy atom. The van der Waals surface area contributed by atoms with Gasteiger partial charge in [0.05, 0.1) is 18.3 Å². The van der Waals surface area contributed by atoms with Gasteiger partial charge in [0.1, 0.15) is 5.75 Å². The molecule has 1 aromatic heterocycles. The Hall–Kier alpha value is -2.08. The molecule has 4 rings (SSSR count). The van der Waals surface area contributed by atoms with Crippen LogP contribution in [0.5, 0.6) is 5.75 Å². The van der Waals surface area contributed by atoms with Gasteiger partial charge in [-0.15, -0.1) is 0 Å². The Bertz CT molecular complexity index is 705. The van der Waals surface area contributed by atoms with Crippen molar-refractivity contribution in [3.63, 3.8) is 0 Å². The summed E-state index contributed by atoms with van der Waals surface area (Å²) in [5, 5.41) is 4.15. The van der Waals surface area contributed by atoms with E-state index in [-0.39, 0.29) is 6.04 Å². The molecular weight excluding hydrogens is 316 g/mol. The van der Waals surface area contributed by atoms with Gasteiger partial charge in [0.25, 0.3) is 0 Å². The summed E-state index contributed by atoms with van der Waals surface area (Å²) in [5.41, 5.74) is 1.19. The van der Waals surface area contributed by atoms with Gasteiger partial charge in [0.15, 0.2) is 5.82 Å². The molecule has 0 bridgehead atoms. The summed E-state index contributed by atoms with van der Waals surface area (Å²) in [6, 6.07) is 8.46. The van der Waals surface area contributed by atoms with E-state index in [1.165, 1.54) is 18.5 Å². The van der Waals surface area contributed by atoms with Crippen molar-refractivity contribution in [1.29, 1.82) is 0 Å². The number of para-hydroxylation sites is 2. The lowest BCUT2D eigenvalue weighted by Gasteiger charge is -2.38. The van der Waals surface area contributed by atoms with Crippen molar-refractivity contribution in [3.05, 3.63) is 36.0 Å². The molecule has 0 spiro atoms. The molecule has 6 heteroatoms. The third-order valence-corrected chi connectivity index (χ3v) is 5.13. The number of hydrogen-bond donors (Lipinski definition) is 0. The molecule has 6 nitrogen and oxygen atoms in total. The van der Waals surface area contributed by atoms with Crippen molar-refractivity contribution in [2.75, 3.05) is 37.7 Å². The van der Waals surface area contributed by atoms with Crippen LogP contribution in [0.2, 0.25) is 0 Å². The number of rotatable bonds is 6. The van der Waals surface area contributed by atoms with E-state index in [0.717, 1.165) is 43.6 Å². The van der Waals surface area contributed by atoms with E-state index >= 15 is 0 Å². The molecule has 1 saturated heterocycles. The molecule has 0 amide bonds. The second-order valence-corrected chi connectivity index (χ2v) is 6.86. The predicted octanol–water partition coefficient (Wildman–Crippen LogP) is 3.23. The molecule has 0 radical (unpaired) electrons. The van der Waals surface area contributed by atoms with Crippen LogP contribution >= 0.6 is 0 Å². The average Bonchev–Trinajstić information content (AvgIpc) is 3.39. The fourth-order valence-corrected chi connectivity index (χ4v) is 3.43. The molecule has 1 unspecified atom stereocenters. The molecule has 1 aliphatic carbocycles. The Balaban J connectivity index is 1.39. The highest BCUT2D eigenvalue weighted by Gasteiger charge is 2.31. The number of benzene rings is 1. The van der Waals surface area contributed by atoms with Crippen LogP contribution in [0.25, 0.3) is 0 Å². The maximum absolute atomic E-state index is 5.78. The van der Waals surface area contributed by atoms with Gasteiger partial charge in [0.2, 0.25) is 5.89 Å². The smallest absolute Gasteiger partial charge is 0.243 e. The largest absolute Gasteiger partial charge is 0.492 e. The third kappa shape index (κ3) is 3.49. The van der Waals surface area contributed by atoms with E-state index in [1.807, 2.05) is 19.1 Å². The third-order valence-electron chi connectivity index (χ3n) is 5.13. The molecule has 1 atom stereocenters. The molecule has 25 heavy (non-hydrogen) atoms. The van der Waals surface area contributed by atoms with Gasteiger partial charge >= 0.3 is 0 Å². The fourth-order valence-electron chi connectivity index (χ4n) is 3.43. The van der Waals surface area contributed by atoms with E-state index in [1.54, 1.807) is 0 Å². The van der Waals surface area contributed by atoms with Crippen molar-refractivity contribution in [2.45, 2.75) is 38.6 Å². The molecule has 2 fully saturated rings. The number of ether oxygens (including phenoxy) is 1. The number of nitrogens with zero attached hydrogens (tertiary/aromatic N) is 4. The standard InChI is InChI=1S/C19H26N4O2/c1-3-24-17-7-5-4-6-16(17)23-12-10-22(11-13-23)14(2)19-20-18(21-25-19)15-8-9-15/h4-7,14-15H,3,8-13H2,1-2H3. The zero-order valence-corrected chi connectivity index (χ0v) is 15.0. The lowest BCUT2D eigenvalue weighted by molar-refractivity contribution is 0.164. The normalized spacial score (nSPS) is 19.8. The molecule has 1 aliphatic heterocycles. The predicted molar refractivity (Wildman–Crippen MR) is 96.1 cm³/mol. The molecule has 2 heterocycles. The van der Waals surface area contributed by atoms with Gasteiger partial charge in [-0.25, -0.2) is 0 Å². The Kier molecular flexibility index (Phi) is 4.61. The first-order chi connectivity index (χ1) is 12.3. The average molecular weight is 342 g/mol. The first kappa shape index (κ1) is 16.4. The minimum Gasteiger partial charge on any atom is -0.492 e. The second kappa shape index (κ2) is 7.04. The summed E-state index contributed by atoms with van der Waals surface area (Å²) in [4.78, 5) is 9.43. The Labute approximate surface area is 148 Å². The van der Waals surface area contributed by atoms with Gasteiger partial charge in [-0.3, -0.25) is 4.90 Å². The summed E-state index contributed by atoms with van der Waals surface area (Å²) >= 11 is 0. The van der Waals surface area contributed by atoms with E-state index < -0.39 is 0 Å². The lowest BCUT2D eigenvalue weighted by atomic mass is 10.2. The van der Waals surface area contributed by atoms with Crippen molar-refractivity contribution in [1.82, 2.24) is 15.0 Å². The van der Waals surface area contributed by atoms with Crippen LogP contribution in [0.3, 0.4) is 0 Å². The van der Waals surface area contributed by atoms with Gasteiger partial charge in [-0.1, -0.05) is 17.3 Å². The van der Waals surface area contributed by atoms with Crippen LogP contribution in [0.1, 0.15) is 50.4 Å². The first-order valence-corrected chi connectivity index (χ1v) is 9.30. The van der Waals surface area contributed by atoms with E-state index in [2.05, 4.69) is 39.0 Å². The molecule has 1 aromatic carbocycles. The van der Waals surface area contributed by atoms with Gasteiger partial charge in [-0.05, 0) is 38.8 Å². The number of piperazine rings is 1. The van der Waals surface area contributed by atoms with E-state index in [4.69, 9.17) is 9.26 Å². The zero-order valence-electron chi connectivity index (χ0n) is 15.0. The topological polar surface area (TPSA) is 54.6 Å². The van der Waals surface area contributed by atoms with Crippen LogP contribution in [0, 0.1) is 0 Å². The summed E-state index contributed by atoms with van der Waals surface area (Å²) in [6.07, 6.45) is 2.40.